The van der Waals surface area contributed by atoms with E-state index in [1.807, 2.05) is 24.3 Å². The minimum Gasteiger partial charge on any atom is -0.463 e. The number of alkyl halides is 1. The van der Waals surface area contributed by atoms with Crippen molar-refractivity contribution in [2.45, 2.75) is 16.1 Å². The third-order valence-corrected chi connectivity index (χ3v) is 3.58. The maximum absolute atomic E-state index is 11.6. The summed E-state index contributed by atoms with van der Waals surface area (Å²) in [6, 6.07) is 7.59. The number of hydrogen-bond acceptors (Lipinski definition) is 4. The molecular weight excluding hydrogens is 234 g/mol. The zero-order chi connectivity index (χ0) is 10.9. The minimum absolute atomic E-state index is 0.325. The van der Waals surface area contributed by atoms with Gasteiger partial charge in [-0.3, -0.25) is 0 Å². The summed E-state index contributed by atoms with van der Waals surface area (Å²) >= 11 is 7.41. The number of thioether (sulfide) groups is 1. The smallest absolute Gasteiger partial charge is 0.359 e. The predicted octanol–water partition coefficient (Wildman–Crippen LogP) is 2.66. The van der Waals surface area contributed by atoms with Crippen LogP contribution >= 0.6 is 23.4 Å². The molecule has 0 saturated carbocycles. The summed E-state index contributed by atoms with van der Waals surface area (Å²) in [5.74, 6) is -0.451. The van der Waals surface area contributed by atoms with Gasteiger partial charge in [-0.15, -0.1) is 0 Å². The van der Waals surface area contributed by atoms with E-state index in [2.05, 4.69) is 5.32 Å². The van der Waals surface area contributed by atoms with Crippen LogP contribution in [-0.2, 0) is 9.53 Å². The van der Waals surface area contributed by atoms with Crippen molar-refractivity contribution in [3.63, 3.8) is 0 Å². The Morgan fingerprint density at radius 1 is 1.60 bits per heavy atom. The molecule has 2 rings (SSSR count). The lowest BCUT2D eigenvalue weighted by atomic mass is 10.3. The van der Waals surface area contributed by atoms with Crippen molar-refractivity contribution in [3.05, 3.63) is 24.3 Å². The van der Waals surface area contributed by atoms with Gasteiger partial charge in [0.15, 0.2) is 0 Å². The molecule has 1 aromatic rings. The third-order valence-electron chi connectivity index (χ3n) is 1.97. The Hall–Kier alpha value is -0.870. The Labute approximate surface area is 97.1 Å². The Kier molecular flexibility index (Phi) is 2.80. The van der Waals surface area contributed by atoms with Crippen LogP contribution in [0.5, 0.6) is 0 Å². The number of fused-ring (bicyclic) bond motifs is 1. The number of carbonyl (C=O) groups is 1. The summed E-state index contributed by atoms with van der Waals surface area (Å²) in [5.41, 5.74) is 0.866. The van der Waals surface area contributed by atoms with Crippen molar-refractivity contribution in [3.8, 4) is 0 Å². The van der Waals surface area contributed by atoms with E-state index in [9.17, 15) is 4.79 Å². The molecule has 1 aromatic carbocycles. The van der Waals surface area contributed by atoms with Crippen molar-refractivity contribution in [1.29, 1.82) is 0 Å². The number of nitrogens with one attached hydrogen (secondary N) is 1. The second-order valence-corrected chi connectivity index (χ2v) is 5.09. The number of rotatable bonds is 2. The molecule has 1 unspecified atom stereocenters. The minimum atomic E-state index is -1.21. The zero-order valence-electron chi connectivity index (χ0n) is 8.12. The van der Waals surface area contributed by atoms with Gasteiger partial charge >= 0.3 is 5.97 Å². The van der Waals surface area contributed by atoms with Crippen molar-refractivity contribution in [2.24, 2.45) is 0 Å². The van der Waals surface area contributed by atoms with Crippen LogP contribution in [0.15, 0.2) is 29.2 Å². The fourth-order valence-corrected chi connectivity index (χ4v) is 2.71. The van der Waals surface area contributed by atoms with E-state index in [1.165, 1.54) is 11.8 Å². The summed E-state index contributed by atoms with van der Waals surface area (Å²) in [5, 5.41) is 2.95. The number of anilines is 1. The number of hydrogen-bond donors (Lipinski definition) is 1. The Balaban J connectivity index is 2.21. The van der Waals surface area contributed by atoms with E-state index in [-0.39, 0.29) is 0 Å². The third kappa shape index (κ3) is 1.92. The fourth-order valence-electron chi connectivity index (χ4n) is 1.33. The highest BCUT2D eigenvalue weighted by atomic mass is 35.5. The highest BCUT2D eigenvalue weighted by Crippen LogP contribution is 2.48. The lowest BCUT2D eigenvalue weighted by molar-refractivity contribution is -0.142. The molecule has 0 spiro atoms. The van der Waals surface area contributed by atoms with Gasteiger partial charge in [-0.2, -0.15) is 0 Å². The quantitative estimate of drug-likeness (QED) is 0.492. The van der Waals surface area contributed by atoms with Crippen LogP contribution in [0, 0.1) is 0 Å². The average molecular weight is 244 g/mol. The van der Waals surface area contributed by atoms with E-state index in [1.54, 1.807) is 6.92 Å². The maximum atomic E-state index is 11.6. The number of esters is 1. The van der Waals surface area contributed by atoms with Crippen LogP contribution in [0.3, 0.4) is 0 Å². The van der Waals surface area contributed by atoms with Crippen molar-refractivity contribution < 1.29 is 9.53 Å². The van der Waals surface area contributed by atoms with Gasteiger partial charge in [0.1, 0.15) is 0 Å². The van der Waals surface area contributed by atoms with Crippen molar-refractivity contribution in [2.75, 3.05) is 11.9 Å². The average Bonchev–Trinajstić information content (AvgIpc) is 2.56. The van der Waals surface area contributed by atoms with Gasteiger partial charge in [-0.1, -0.05) is 35.5 Å². The number of carbonyl (C=O) groups excluding carboxylic acids is 1. The van der Waals surface area contributed by atoms with Crippen LogP contribution in [0.25, 0.3) is 0 Å². The highest BCUT2D eigenvalue weighted by molar-refractivity contribution is 8.03. The molecule has 0 bridgehead atoms. The zero-order valence-corrected chi connectivity index (χ0v) is 9.69. The Bertz CT molecular complexity index is 372. The second kappa shape index (κ2) is 3.94. The number of halogens is 1. The number of para-hydroxylation sites is 1. The topological polar surface area (TPSA) is 38.3 Å². The van der Waals surface area contributed by atoms with Crippen LogP contribution in [-0.4, -0.2) is 16.9 Å². The van der Waals surface area contributed by atoms with E-state index in [4.69, 9.17) is 16.3 Å². The molecule has 1 aliphatic rings. The first kappa shape index (κ1) is 10.6. The summed E-state index contributed by atoms with van der Waals surface area (Å²) in [6.45, 7) is 2.08. The predicted molar refractivity (Wildman–Crippen MR) is 61.1 cm³/mol. The van der Waals surface area contributed by atoms with Crippen molar-refractivity contribution in [1.82, 2.24) is 0 Å². The summed E-state index contributed by atoms with van der Waals surface area (Å²) < 4.78 is 3.70. The normalized spacial score (nSPS) is 23.1. The molecule has 0 aromatic heterocycles. The first-order valence-corrected chi connectivity index (χ1v) is 5.77. The molecule has 15 heavy (non-hydrogen) atoms. The molecule has 0 fully saturated rings. The largest absolute Gasteiger partial charge is 0.463 e. The van der Waals surface area contributed by atoms with Crippen LogP contribution < -0.4 is 5.32 Å². The molecular formula is C10H10ClNO2S. The first-order chi connectivity index (χ1) is 7.15. The van der Waals surface area contributed by atoms with Crippen molar-refractivity contribution >= 4 is 35.0 Å². The summed E-state index contributed by atoms with van der Waals surface area (Å²) in [6.07, 6.45) is 0. The van der Waals surface area contributed by atoms with Gasteiger partial charge in [0.05, 0.1) is 12.3 Å². The summed E-state index contributed by atoms with van der Waals surface area (Å²) in [7, 11) is 0. The Morgan fingerprint density at radius 2 is 2.33 bits per heavy atom. The van der Waals surface area contributed by atoms with Gasteiger partial charge in [0, 0.05) is 4.90 Å². The van der Waals surface area contributed by atoms with E-state index >= 15 is 0 Å². The standard InChI is InChI=1S/C10H10ClNO2S/c1-2-14-9(13)10(11)12-7-5-3-4-6-8(7)15-10/h3-6,12H,2H2,1H3. The lowest BCUT2D eigenvalue weighted by Crippen LogP contribution is -2.35. The second-order valence-electron chi connectivity index (χ2n) is 3.04. The summed E-state index contributed by atoms with van der Waals surface area (Å²) in [4.78, 5) is 12.6. The van der Waals surface area contributed by atoms with Crippen LogP contribution in [0.2, 0.25) is 0 Å². The molecule has 0 saturated heterocycles. The molecule has 0 aliphatic carbocycles. The lowest BCUT2D eigenvalue weighted by Gasteiger charge is -2.18. The molecule has 0 amide bonds. The van der Waals surface area contributed by atoms with Gasteiger partial charge in [-0.05, 0) is 19.1 Å². The van der Waals surface area contributed by atoms with Gasteiger partial charge in [-0.25, -0.2) is 4.79 Å². The molecule has 5 heteroatoms. The van der Waals surface area contributed by atoms with E-state index < -0.39 is 10.3 Å². The monoisotopic (exact) mass is 243 g/mol. The fraction of sp³-hybridized carbons (Fsp3) is 0.300. The molecule has 3 nitrogen and oxygen atoms in total. The van der Waals surface area contributed by atoms with Gasteiger partial charge < -0.3 is 10.1 Å². The molecule has 1 heterocycles. The number of ether oxygens (including phenoxy) is 1. The van der Waals surface area contributed by atoms with Crippen LogP contribution in [0.1, 0.15) is 6.92 Å². The van der Waals surface area contributed by atoms with Crippen LogP contribution in [0.4, 0.5) is 5.69 Å². The van der Waals surface area contributed by atoms with E-state index in [0.717, 1.165) is 10.6 Å². The molecule has 1 aliphatic heterocycles. The number of benzene rings is 1. The highest BCUT2D eigenvalue weighted by Gasteiger charge is 2.44. The molecule has 1 atom stereocenters. The first-order valence-electron chi connectivity index (χ1n) is 4.58. The Morgan fingerprint density at radius 3 is 3.00 bits per heavy atom. The van der Waals surface area contributed by atoms with Gasteiger partial charge in [0.25, 0.3) is 4.33 Å². The maximum Gasteiger partial charge on any atom is 0.359 e. The molecule has 1 N–H and O–H groups in total. The SMILES string of the molecule is CCOC(=O)C1(Cl)Nc2ccccc2S1. The molecule has 0 radical (unpaired) electrons. The van der Waals surface area contributed by atoms with Gasteiger partial charge in [0.2, 0.25) is 0 Å². The van der Waals surface area contributed by atoms with E-state index in [0.29, 0.717) is 6.61 Å². The molecule has 80 valence electrons.